The molecule has 72 valence electrons. The van der Waals surface area contributed by atoms with Gasteiger partial charge in [-0.2, -0.15) is 0 Å². The Kier molecular flexibility index (Phi) is 3.06. The maximum absolute atomic E-state index is 11.2. The standard InChI is InChI=1S/C9H13NO3/c1-3-13-9(12)7(2)10-6-4-5-8(10)11/h2-6H2,1H3. The second kappa shape index (κ2) is 4.07. The van der Waals surface area contributed by atoms with E-state index in [9.17, 15) is 9.59 Å². The first-order chi connectivity index (χ1) is 6.16. The zero-order valence-electron chi connectivity index (χ0n) is 7.71. The van der Waals surface area contributed by atoms with Gasteiger partial charge < -0.3 is 9.64 Å². The van der Waals surface area contributed by atoms with Gasteiger partial charge >= 0.3 is 5.97 Å². The van der Waals surface area contributed by atoms with E-state index in [0.717, 1.165) is 6.42 Å². The van der Waals surface area contributed by atoms with Gasteiger partial charge in [-0.3, -0.25) is 4.79 Å². The van der Waals surface area contributed by atoms with E-state index in [1.165, 1.54) is 4.90 Å². The predicted octanol–water partition coefficient (Wildman–Crippen LogP) is 0.686. The molecule has 0 N–H and O–H groups in total. The van der Waals surface area contributed by atoms with Gasteiger partial charge in [-0.15, -0.1) is 0 Å². The lowest BCUT2D eigenvalue weighted by atomic mass is 10.4. The maximum atomic E-state index is 11.2. The van der Waals surface area contributed by atoms with Crippen molar-refractivity contribution < 1.29 is 14.3 Å². The lowest BCUT2D eigenvalue weighted by Crippen LogP contribution is -2.28. The number of amides is 1. The third-order valence-electron chi connectivity index (χ3n) is 1.91. The molecule has 1 aliphatic rings. The van der Waals surface area contributed by atoms with Crippen LogP contribution in [0.3, 0.4) is 0 Å². The molecule has 1 rings (SSSR count). The average Bonchev–Trinajstić information content (AvgIpc) is 2.50. The molecular weight excluding hydrogens is 170 g/mol. The summed E-state index contributed by atoms with van der Waals surface area (Å²) in [5.41, 5.74) is 0.157. The smallest absolute Gasteiger partial charge is 0.354 e. The number of ether oxygens (including phenoxy) is 1. The highest BCUT2D eigenvalue weighted by molar-refractivity contribution is 5.94. The lowest BCUT2D eigenvalue weighted by Gasteiger charge is -2.16. The Bertz CT molecular complexity index is 247. The Morgan fingerprint density at radius 3 is 2.85 bits per heavy atom. The summed E-state index contributed by atoms with van der Waals surface area (Å²) in [6, 6.07) is 0. The Balaban J connectivity index is 2.56. The van der Waals surface area contributed by atoms with Crippen molar-refractivity contribution in [2.45, 2.75) is 19.8 Å². The number of likely N-dealkylation sites (tertiary alicyclic amines) is 1. The highest BCUT2D eigenvalue weighted by Crippen LogP contribution is 2.15. The summed E-state index contributed by atoms with van der Waals surface area (Å²) >= 11 is 0. The molecule has 1 saturated heterocycles. The average molecular weight is 183 g/mol. The van der Waals surface area contributed by atoms with Crippen LogP contribution in [0.2, 0.25) is 0 Å². The summed E-state index contributed by atoms with van der Waals surface area (Å²) in [7, 11) is 0. The van der Waals surface area contributed by atoms with Crippen molar-refractivity contribution in [2.24, 2.45) is 0 Å². The van der Waals surface area contributed by atoms with Crippen molar-refractivity contribution in [3.63, 3.8) is 0 Å². The van der Waals surface area contributed by atoms with Crippen LogP contribution in [0.1, 0.15) is 19.8 Å². The summed E-state index contributed by atoms with van der Waals surface area (Å²) < 4.78 is 4.73. The quantitative estimate of drug-likeness (QED) is 0.477. The second-order valence-corrected chi connectivity index (χ2v) is 2.82. The minimum Gasteiger partial charge on any atom is -0.461 e. The van der Waals surface area contributed by atoms with Crippen molar-refractivity contribution in [3.8, 4) is 0 Å². The van der Waals surface area contributed by atoms with E-state index in [1.807, 2.05) is 0 Å². The molecule has 0 unspecified atom stereocenters. The molecule has 1 fully saturated rings. The fourth-order valence-corrected chi connectivity index (χ4v) is 1.26. The Morgan fingerprint density at radius 1 is 1.69 bits per heavy atom. The minimum atomic E-state index is -0.502. The number of esters is 1. The third kappa shape index (κ3) is 2.08. The van der Waals surface area contributed by atoms with Crippen LogP contribution < -0.4 is 0 Å². The molecular formula is C9H13NO3. The highest BCUT2D eigenvalue weighted by atomic mass is 16.5. The molecule has 0 saturated carbocycles. The predicted molar refractivity (Wildman–Crippen MR) is 46.7 cm³/mol. The summed E-state index contributed by atoms with van der Waals surface area (Å²) in [5, 5.41) is 0. The van der Waals surface area contributed by atoms with Gasteiger partial charge in [-0.1, -0.05) is 6.58 Å². The molecule has 0 aromatic carbocycles. The second-order valence-electron chi connectivity index (χ2n) is 2.82. The van der Waals surface area contributed by atoms with Crippen molar-refractivity contribution in [1.29, 1.82) is 0 Å². The van der Waals surface area contributed by atoms with Gasteiger partial charge in [0, 0.05) is 13.0 Å². The molecule has 0 aliphatic carbocycles. The number of rotatable bonds is 3. The third-order valence-corrected chi connectivity index (χ3v) is 1.91. The Hall–Kier alpha value is -1.32. The number of carbonyl (C=O) groups excluding carboxylic acids is 2. The van der Waals surface area contributed by atoms with Crippen LogP contribution in [-0.4, -0.2) is 29.9 Å². The molecule has 1 aliphatic heterocycles. The lowest BCUT2D eigenvalue weighted by molar-refractivity contribution is -0.142. The molecule has 0 aromatic heterocycles. The van der Waals surface area contributed by atoms with Crippen LogP contribution >= 0.6 is 0 Å². The van der Waals surface area contributed by atoms with Crippen LogP contribution in [0.5, 0.6) is 0 Å². The van der Waals surface area contributed by atoms with E-state index in [-0.39, 0.29) is 11.6 Å². The normalized spacial score (nSPS) is 16.1. The van der Waals surface area contributed by atoms with Crippen LogP contribution in [-0.2, 0) is 14.3 Å². The van der Waals surface area contributed by atoms with E-state index in [4.69, 9.17) is 4.74 Å². The zero-order chi connectivity index (χ0) is 9.84. The van der Waals surface area contributed by atoms with E-state index >= 15 is 0 Å². The number of carbonyl (C=O) groups is 2. The SMILES string of the molecule is C=C(C(=O)OCC)N1CCCC1=O. The van der Waals surface area contributed by atoms with Crippen molar-refractivity contribution in [3.05, 3.63) is 12.3 Å². The molecule has 0 radical (unpaired) electrons. The van der Waals surface area contributed by atoms with Gasteiger partial charge in [0.05, 0.1) is 6.61 Å². The molecule has 1 heterocycles. The fraction of sp³-hybridized carbons (Fsp3) is 0.556. The molecule has 0 aromatic rings. The first-order valence-electron chi connectivity index (χ1n) is 4.33. The number of hydrogen-bond donors (Lipinski definition) is 0. The van der Waals surface area contributed by atoms with Gasteiger partial charge in [0.25, 0.3) is 0 Å². The molecule has 0 atom stereocenters. The van der Waals surface area contributed by atoms with E-state index < -0.39 is 5.97 Å². The molecule has 13 heavy (non-hydrogen) atoms. The zero-order valence-corrected chi connectivity index (χ0v) is 7.71. The van der Waals surface area contributed by atoms with Gasteiger partial charge in [0.15, 0.2) is 0 Å². The molecule has 0 spiro atoms. The minimum absolute atomic E-state index is 0.0435. The highest BCUT2D eigenvalue weighted by Gasteiger charge is 2.26. The van der Waals surface area contributed by atoms with Gasteiger partial charge in [0.2, 0.25) is 5.91 Å². The summed E-state index contributed by atoms with van der Waals surface area (Å²) in [5.74, 6) is -0.546. The first kappa shape index (κ1) is 9.77. The fourth-order valence-electron chi connectivity index (χ4n) is 1.26. The van der Waals surface area contributed by atoms with Crippen molar-refractivity contribution >= 4 is 11.9 Å². The molecule has 4 nitrogen and oxygen atoms in total. The van der Waals surface area contributed by atoms with Gasteiger partial charge in [-0.25, -0.2) is 4.79 Å². The van der Waals surface area contributed by atoms with Gasteiger partial charge in [-0.05, 0) is 13.3 Å². The summed E-state index contributed by atoms with van der Waals surface area (Å²) in [6.07, 6.45) is 1.29. The van der Waals surface area contributed by atoms with Crippen LogP contribution in [0.15, 0.2) is 12.3 Å². The van der Waals surface area contributed by atoms with Crippen LogP contribution in [0, 0.1) is 0 Å². The van der Waals surface area contributed by atoms with E-state index in [2.05, 4.69) is 6.58 Å². The number of nitrogens with zero attached hydrogens (tertiary/aromatic N) is 1. The van der Waals surface area contributed by atoms with Gasteiger partial charge in [0.1, 0.15) is 5.70 Å². The molecule has 0 bridgehead atoms. The summed E-state index contributed by atoms with van der Waals surface area (Å²) in [4.78, 5) is 23.7. The van der Waals surface area contributed by atoms with Crippen LogP contribution in [0.25, 0.3) is 0 Å². The summed E-state index contributed by atoms with van der Waals surface area (Å²) in [6.45, 7) is 6.14. The Labute approximate surface area is 77.2 Å². The topological polar surface area (TPSA) is 46.6 Å². The van der Waals surface area contributed by atoms with E-state index in [0.29, 0.717) is 19.6 Å². The van der Waals surface area contributed by atoms with Crippen LogP contribution in [0.4, 0.5) is 0 Å². The molecule has 1 amide bonds. The first-order valence-corrected chi connectivity index (χ1v) is 4.33. The van der Waals surface area contributed by atoms with E-state index in [1.54, 1.807) is 6.92 Å². The maximum Gasteiger partial charge on any atom is 0.354 e. The Morgan fingerprint density at radius 2 is 2.38 bits per heavy atom. The number of hydrogen-bond acceptors (Lipinski definition) is 3. The van der Waals surface area contributed by atoms with Crippen molar-refractivity contribution in [1.82, 2.24) is 4.90 Å². The monoisotopic (exact) mass is 183 g/mol. The van der Waals surface area contributed by atoms with Crippen molar-refractivity contribution in [2.75, 3.05) is 13.2 Å². The molecule has 4 heteroatoms. The largest absolute Gasteiger partial charge is 0.461 e.